The lowest BCUT2D eigenvalue weighted by atomic mass is 10.0. The number of rotatable bonds is 0. The van der Waals surface area contributed by atoms with Gasteiger partial charge in [0.1, 0.15) is 0 Å². The van der Waals surface area contributed by atoms with Crippen LogP contribution in [0.2, 0.25) is 0 Å². The van der Waals surface area contributed by atoms with Crippen molar-refractivity contribution in [3.8, 4) is 0 Å². The number of hydrogen-bond donors (Lipinski definition) is 0. The molecule has 1 unspecified atom stereocenters. The Kier molecular flexibility index (Phi) is 3.24. The van der Waals surface area contributed by atoms with Gasteiger partial charge in [-0.15, -0.1) is 0 Å². The van der Waals surface area contributed by atoms with Crippen LogP contribution in [0.4, 0.5) is 0 Å². The predicted molar refractivity (Wildman–Crippen MR) is 55.2 cm³/mol. The van der Waals surface area contributed by atoms with Crippen LogP contribution >= 0.6 is 0 Å². The lowest BCUT2D eigenvalue weighted by molar-refractivity contribution is 0.0990. The first kappa shape index (κ1) is 9.97. The van der Waals surface area contributed by atoms with Crippen molar-refractivity contribution < 1.29 is 4.79 Å². The maximum atomic E-state index is 11.3. The predicted octanol–water partition coefficient (Wildman–Crippen LogP) is 3.40. The van der Waals surface area contributed by atoms with E-state index in [0.717, 1.165) is 5.56 Å². The molecular formula is C12H16O. The second-order valence-corrected chi connectivity index (χ2v) is 3.12. The van der Waals surface area contributed by atoms with Gasteiger partial charge in [0.05, 0.1) is 0 Å². The monoisotopic (exact) mass is 176 g/mol. The zero-order chi connectivity index (χ0) is 9.84. The highest BCUT2D eigenvalue weighted by atomic mass is 16.1. The molecule has 0 saturated heterocycles. The second kappa shape index (κ2) is 4.22. The van der Waals surface area contributed by atoms with E-state index < -0.39 is 0 Å². The normalized spacial score (nSPS) is 19.0. The molecule has 0 bridgehead atoms. The molecule has 70 valence electrons. The zero-order valence-corrected chi connectivity index (χ0v) is 8.50. The van der Waals surface area contributed by atoms with Crippen molar-refractivity contribution >= 4 is 5.78 Å². The summed E-state index contributed by atoms with van der Waals surface area (Å²) >= 11 is 0. The Hall–Kier alpha value is -1.11. The minimum Gasteiger partial charge on any atom is -0.294 e. The summed E-state index contributed by atoms with van der Waals surface area (Å²) < 4.78 is 0. The molecule has 0 aromatic heterocycles. The lowest BCUT2D eigenvalue weighted by Gasteiger charge is -1.99. The summed E-state index contributed by atoms with van der Waals surface area (Å²) in [5, 5.41) is 0. The van der Waals surface area contributed by atoms with Crippen molar-refractivity contribution in [2.75, 3.05) is 0 Å². The minimum atomic E-state index is 0.299. The van der Waals surface area contributed by atoms with Crippen LogP contribution < -0.4 is 0 Å². The third kappa shape index (κ3) is 1.80. The van der Waals surface area contributed by atoms with Gasteiger partial charge in [-0.3, -0.25) is 4.79 Å². The first-order chi connectivity index (χ1) is 6.29. The van der Waals surface area contributed by atoms with Gasteiger partial charge >= 0.3 is 0 Å². The van der Waals surface area contributed by atoms with E-state index in [0.29, 0.717) is 18.1 Å². The Morgan fingerprint density at radius 3 is 2.46 bits per heavy atom. The van der Waals surface area contributed by atoms with E-state index in [-0.39, 0.29) is 0 Å². The number of Topliss-reactive ketones (excluding diaryl/α,β-unsaturated/α-hetero) is 1. The summed E-state index contributed by atoms with van der Waals surface area (Å²) in [6, 6.07) is 7.88. The van der Waals surface area contributed by atoms with Crippen LogP contribution in [-0.4, -0.2) is 5.78 Å². The van der Waals surface area contributed by atoms with Gasteiger partial charge in [-0.05, 0) is 11.5 Å². The molecule has 1 aliphatic rings. The Bertz CT molecular complexity index is 302. The van der Waals surface area contributed by atoms with Gasteiger partial charge in [-0.2, -0.15) is 0 Å². The number of ketones is 1. The van der Waals surface area contributed by atoms with Crippen LogP contribution in [0.3, 0.4) is 0 Å². The molecule has 2 rings (SSSR count). The van der Waals surface area contributed by atoms with Gasteiger partial charge in [0, 0.05) is 12.0 Å². The van der Waals surface area contributed by atoms with Crippen LogP contribution in [0.1, 0.15) is 49.0 Å². The summed E-state index contributed by atoms with van der Waals surface area (Å²) in [4.78, 5) is 11.3. The van der Waals surface area contributed by atoms with Crippen LogP contribution in [0.15, 0.2) is 24.3 Å². The highest BCUT2D eigenvalue weighted by Crippen LogP contribution is 2.31. The topological polar surface area (TPSA) is 17.1 Å². The SMILES string of the molecule is CC.CC1CC(=O)c2ccccc21. The van der Waals surface area contributed by atoms with E-state index in [4.69, 9.17) is 0 Å². The van der Waals surface area contributed by atoms with E-state index in [1.54, 1.807) is 0 Å². The number of hydrogen-bond acceptors (Lipinski definition) is 1. The summed E-state index contributed by atoms with van der Waals surface area (Å²) in [5.41, 5.74) is 2.15. The van der Waals surface area contributed by atoms with Gasteiger partial charge in [-0.25, -0.2) is 0 Å². The molecule has 0 radical (unpaired) electrons. The smallest absolute Gasteiger partial charge is 0.163 e. The molecule has 1 aromatic carbocycles. The summed E-state index contributed by atoms with van der Waals surface area (Å²) in [6.45, 7) is 6.10. The highest BCUT2D eigenvalue weighted by Gasteiger charge is 2.24. The molecule has 0 heterocycles. The van der Waals surface area contributed by atoms with Crippen molar-refractivity contribution in [3.05, 3.63) is 35.4 Å². The number of benzene rings is 1. The fourth-order valence-electron chi connectivity index (χ4n) is 1.68. The zero-order valence-electron chi connectivity index (χ0n) is 8.50. The van der Waals surface area contributed by atoms with Gasteiger partial charge in [0.25, 0.3) is 0 Å². The quantitative estimate of drug-likeness (QED) is 0.592. The lowest BCUT2D eigenvalue weighted by Crippen LogP contribution is -1.89. The molecule has 1 aliphatic carbocycles. The van der Waals surface area contributed by atoms with E-state index in [1.807, 2.05) is 38.1 Å². The van der Waals surface area contributed by atoms with Crippen molar-refractivity contribution in [1.82, 2.24) is 0 Å². The average Bonchev–Trinajstić information content (AvgIpc) is 2.47. The summed E-state index contributed by atoms with van der Waals surface area (Å²) in [6.07, 6.45) is 0.694. The van der Waals surface area contributed by atoms with Gasteiger partial charge < -0.3 is 0 Å². The van der Waals surface area contributed by atoms with Crippen LogP contribution in [-0.2, 0) is 0 Å². The Morgan fingerprint density at radius 2 is 1.85 bits per heavy atom. The third-order valence-electron chi connectivity index (χ3n) is 2.28. The Morgan fingerprint density at radius 1 is 1.23 bits per heavy atom. The Labute approximate surface area is 79.8 Å². The standard InChI is InChI=1S/C10H10O.C2H6/c1-7-6-10(11)9-5-3-2-4-8(7)9;1-2/h2-5,7H,6H2,1H3;1-2H3. The van der Waals surface area contributed by atoms with E-state index in [1.165, 1.54) is 5.56 Å². The van der Waals surface area contributed by atoms with E-state index in [9.17, 15) is 4.79 Å². The average molecular weight is 176 g/mol. The molecule has 0 saturated carbocycles. The fourth-order valence-corrected chi connectivity index (χ4v) is 1.68. The molecule has 1 aromatic rings. The molecule has 0 N–H and O–H groups in total. The van der Waals surface area contributed by atoms with E-state index >= 15 is 0 Å². The molecule has 0 spiro atoms. The number of carbonyl (C=O) groups is 1. The molecule has 0 amide bonds. The van der Waals surface area contributed by atoms with Crippen molar-refractivity contribution in [1.29, 1.82) is 0 Å². The number of fused-ring (bicyclic) bond motifs is 1. The molecule has 0 fully saturated rings. The van der Waals surface area contributed by atoms with Crippen molar-refractivity contribution in [3.63, 3.8) is 0 Å². The van der Waals surface area contributed by atoms with Crippen molar-refractivity contribution in [2.24, 2.45) is 0 Å². The minimum absolute atomic E-state index is 0.299. The van der Waals surface area contributed by atoms with Gasteiger partial charge in [0.2, 0.25) is 0 Å². The molecule has 0 aliphatic heterocycles. The number of carbonyl (C=O) groups excluding carboxylic acids is 1. The summed E-state index contributed by atoms with van der Waals surface area (Å²) in [7, 11) is 0. The summed E-state index contributed by atoms with van der Waals surface area (Å²) in [5.74, 6) is 0.729. The van der Waals surface area contributed by atoms with Crippen LogP contribution in [0.25, 0.3) is 0 Å². The first-order valence-corrected chi connectivity index (χ1v) is 4.91. The van der Waals surface area contributed by atoms with Crippen molar-refractivity contribution in [2.45, 2.75) is 33.1 Å². The molecule has 1 heteroatoms. The molecule has 1 nitrogen and oxygen atoms in total. The molecular weight excluding hydrogens is 160 g/mol. The molecule has 13 heavy (non-hydrogen) atoms. The first-order valence-electron chi connectivity index (χ1n) is 4.91. The van der Waals surface area contributed by atoms with Crippen LogP contribution in [0.5, 0.6) is 0 Å². The largest absolute Gasteiger partial charge is 0.294 e. The third-order valence-corrected chi connectivity index (χ3v) is 2.28. The Balaban J connectivity index is 0.000000396. The van der Waals surface area contributed by atoms with Gasteiger partial charge in [0.15, 0.2) is 5.78 Å². The van der Waals surface area contributed by atoms with Crippen LogP contribution in [0, 0.1) is 0 Å². The fraction of sp³-hybridized carbons (Fsp3) is 0.417. The maximum absolute atomic E-state index is 11.3. The molecule has 1 atom stereocenters. The van der Waals surface area contributed by atoms with E-state index in [2.05, 4.69) is 6.92 Å². The van der Waals surface area contributed by atoms with Gasteiger partial charge in [-0.1, -0.05) is 45.0 Å². The highest BCUT2D eigenvalue weighted by molar-refractivity contribution is 6.01. The maximum Gasteiger partial charge on any atom is 0.163 e. The second-order valence-electron chi connectivity index (χ2n) is 3.12.